The largest absolute Gasteiger partial charge is 0.316 e. The van der Waals surface area contributed by atoms with Gasteiger partial charge in [-0.25, -0.2) is 4.68 Å². The Morgan fingerprint density at radius 1 is 1.26 bits per heavy atom. The lowest BCUT2D eigenvalue weighted by atomic mass is 10.1. The number of benzene rings is 1. The fourth-order valence-corrected chi connectivity index (χ4v) is 2.38. The quantitative estimate of drug-likeness (QED) is 0.908. The number of hydrogen-bond acceptors (Lipinski definition) is 2. The van der Waals surface area contributed by atoms with Gasteiger partial charge in [0.25, 0.3) is 0 Å². The number of rotatable bonds is 5. The zero-order valence-electron chi connectivity index (χ0n) is 11.1. The van der Waals surface area contributed by atoms with Gasteiger partial charge in [0, 0.05) is 17.8 Å². The van der Waals surface area contributed by atoms with E-state index in [4.69, 9.17) is 23.2 Å². The Morgan fingerprint density at radius 2 is 2.05 bits per heavy atom. The van der Waals surface area contributed by atoms with Crippen molar-refractivity contribution in [2.45, 2.75) is 26.3 Å². The van der Waals surface area contributed by atoms with E-state index in [1.165, 1.54) is 11.3 Å². The molecule has 2 rings (SSSR count). The number of aromatic nitrogens is 2. The number of halogens is 2. The van der Waals surface area contributed by atoms with Crippen molar-refractivity contribution in [2.75, 3.05) is 7.05 Å². The number of hydrogen-bond donors (Lipinski definition) is 1. The molecule has 0 amide bonds. The van der Waals surface area contributed by atoms with E-state index in [9.17, 15) is 0 Å². The van der Waals surface area contributed by atoms with Crippen molar-refractivity contribution in [1.29, 1.82) is 0 Å². The van der Waals surface area contributed by atoms with Crippen LogP contribution >= 0.6 is 23.2 Å². The predicted molar refractivity (Wildman–Crippen MR) is 80.3 cm³/mol. The second-order valence-electron chi connectivity index (χ2n) is 4.41. The Morgan fingerprint density at radius 3 is 2.68 bits per heavy atom. The highest BCUT2D eigenvalue weighted by molar-refractivity contribution is 6.42. The Bertz CT molecular complexity index is 564. The van der Waals surface area contributed by atoms with Gasteiger partial charge in [-0.3, -0.25) is 0 Å². The molecule has 0 aliphatic rings. The summed E-state index contributed by atoms with van der Waals surface area (Å²) in [7, 11) is 1.94. The van der Waals surface area contributed by atoms with Crippen LogP contribution in [0.25, 0.3) is 5.69 Å². The van der Waals surface area contributed by atoms with Crippen LogP contribution < -0.4 is 5.32 Å². The molecule has 5 heteroatoms. The van der Waals surface area contributed by atoms with Crippen molar-refractivity contribution in [3.05, 3.63) is 45.7 Å². The fraction of sp³-hybridized carbons (Fsp3) is 0.357. The molecule has 19 heavy (non-hydrogen) atoms. The summed E-state index contributed by atoms with van der Waals surface area (Å²) in [6, 6.07) is 5.58. The average Bonchev–Trinajstić information content (AvgIpc) is 2.77. The zero-order valence-corrected chi connectivity index (χ0v) is 12.6. The molecule has 0 fully saturated rings. The van der Waals surface area contributed by atoms with Crippen LogP contribution in [0.2, 0.25) is 10.0 Å². The molecule has 0 aliphatic heterocycles. The van der Waals surface area contributed by atoms with E-state index in [2.05, 4.69) is 17.3 Å². The average molecular weight is 298 g/mol. The van der Waals surface area contributed by atoms with Crippen LogP contribution in [0.1, 0.15) is 24.6 Å². The van der Waals surface area contributed by atoms with E-state index in [1.54, 1.807) is 6.07 Å². The van der Waals surface area contributed by atoms with Crippen molar-refractivity contribution in [3.63, 3.8) is 0 Å². The molecule has 0 radical (unpaired) electrons. The van der Waals surface area contributed by atoms with Gasteiger partial charge in [0.1, 0.15) is 0 Å². The van der Waals surface area contributed by atoms with Crippen LogP contribution in [0.3, 0.4) is 0 Å². The third-order valence-electron chi connectivity index (χ3n) is 2.96. The molecule has 0 spiro atoms. The molecular weight excluding hydrogens is 281 g/mol. The van der Waals surface area contributed by atoms with Gasteiger partial charge in [-0.1, -0.05) is 36.5 Å². The minimum absolute atomic E-state index is 0.548. The third-order valence-corrected chi connectivity index (χ3v) is 3.70. The van der Waals surface area contributed by atoms with E-state index >= 15 is 0 Å². The van der Waals surface area contributed by atoms with Crippen LogP contribution in [0, 0.1) is 0 Å². The van der Waals surface area contributed by atoms with Crippen LogP contribution in [-0.2, 0) is 13.0 Å². The maximum Gasteiger partial charge on any atom is 0.0664 e. The van der Waals surface area contributed by atoms with E-state index < -0.39 is 0 Å². The molecule has 0 unspecified atom stereocenters. The van der Waals surface area contributed by atoms with Crippen molar-refractivity contribution < 1.29 is 0 Å². The molecule has 0 aliphatic carbocycles. The molecule has 1 heterocycles. The SMILES string of the molecule is CCCc1c(CNC)cnn1-c1ccc(Cl)c(Cl)c1. The molecule has 0 saturated heterocycles. The first kappa shape index (κ1) is 14.4. The summed E-state index contributed by atoms with van der Waals surface area (Å²) in [5.74, 6) is 0. The Kier molecular flexibility index (Phi) is 4.86. The maximum absolute atomic E-state index is 6.08. The molecular formula is C14H17Cl2N3. The molecule has 3 nitrogen and oxygen atoms in total. The first-order valence-corrected chi connectivity index (χ1v) is 7.08. The maximum atomic E-state index is 6.08. The summed E-state index contributed by atoms with van der Waals surface area (Å²) < 4.78 is 1.94. The summed E-state index contributed by atoms with van der Waals surface area (Å²) in [4.78, 5) is 0. The number of nitrogens with zero attached hydrogens (tertiary/aromatic N) is 2. The van der Waals surface area contributed by atoms with Crippen LogP contribution in [-0.4, -0.2) is 16.8 Å². The summed E-state index contributed by atoms with van der Waals surface area (Å²) in [5, 5.41) is 8.75. The Hall–Kier alpha value is -1.03. The van der Waals surface area contributed by atoms with Crippen molar-refractivity contribution >= 4 is 23.2 Å². The minimum atomic E-state index is 0.548. The van der Waals surface area contributed by atoms with E-state index in [1.807, 2.05) is 30.1 Å². The first-order chi connectivity index (χ1) is 9.17. The standard InChI is InChI=1S/C14H17Cl2N3/c1-3-4-14-10(8-17-2)9-18-19(14)11-5-6-12(15)13(16)7-11/h5-7,9,17H,3-4,8H2,1-2H3. The highest BCUT2D eigenvalue weighted by atomic mass is 35.5. The molecule has 102 valence electrons. The minimum Gasteiger partial charge on any atom is -0.316 e. The van der Waals surface area contributed by atoms with Gasteiger partial charge in [-0.15, -0.1) is 0 Å². The smallest absolute Gasteiger partial charge is 0.0664 e. The summed E-state index contributed by atoms with van der Waals surface area (Å²) >= 11 is 12.0. The van der Waals surface area contributed by atoms with Crippen molar-refractivity contribution in [3.8, 4) is 5.69 Å². The topological polar surface area (TPSA) is 29.9 Å². The normalized spacial score (nSPS) is 10.9. The lowest BCUT2D eigenvalue weighted by Crippen LogP contribution is -2.09. The third kappa shape index (κ3) is 3.11. The molecule has 2 aromatic rings. The molecule has 0 bridgehead atoms. The zero-order chi connectivity index (χ0) is 13.8. The van der Waals surface area contributed by atoms with Crippen LogP contribution in [0.4, 0.5) is 0 Å². The van der Waals surface area contributed by atoms with Gasteiger partial charge < -0.3 is 5.32 Å². The van der Waals surface area contributed by atoms with Crippen molar-refractivity contribution in [2.24, 2.45) is 0 Å². The van der Waals surface area contributed by atoms with Gasteiger partial charge in [0.05, 0.1) is 21.9 Å². The predicted octanol–water partition coefficient (Wildman–Crippen LogP) is 3.85. The Labute approximate surface area is 123 Å². The van der Waals surface area contributed by atoms with Gasteiger partial charge in [0.2, 0.25) is 0 Å². The lowest BCUT2D eigenvalue weighted by molar-refractivity contribution is 0.750. The molecule has 1 aromatic heterocycles. The van der Waals surface area contributed by atoms with Crippen LogP contribution in [0.15, 0.2) is 24.4 Å². The summed E-state index contributed by atoms with van der Waals surface area (Å²) in [5.41, 5.74) is 3.38. The van der Waals surface area contributed by atoms with Gasteiger partial charge in [0.15, 0.2) is 0 Å². The number of nitrogens with one attached hydrogen (secondary N) is 1. The van der Waals surface area contributed by atoms with Gasteiger partial charge in [-0.05, 0) is 31.7 Å². The molecule has 0 saturated carbocycles. The molecule has 1 aromatic carbocycles. The second kappa shape index (κ2) is 6.42. The summed E-state index contributed by atoms with van der Waals surface area (Å²) in [6.45, 7) is 2.98. The molecule has 1 N–H and O–H groups in total. The second-order valence-corrected chi connectivity index (χ2v) is 5.22. The van der Waals surface area contributed by atoms with Crippen LogP contribution in [0.5, 0.6) is 0 Å². The van der Waals surface area contributed by atoms with Gasteiger partial charge in [-0.2, -0.15) is 5.10 Å². The first-order valence-electron chi connectivity index (χ1n) is 6.33. The monoisotopic (exact) mass is 297 g/mol. The fourth-order valence-electron chi connectivity index (χ4n) is 2.09. The van der Waals surface area contributed by atoms with E-state index in [0.29, 0.717) is 10.0 Å². The highest BCUT2D eigenvalue weighted by Crippen LogP contribution is 2.25. The lowest BCUT2D eigenvalue weighted by Gasteiger charge is -2.10. The Balaban J connectivity index is 2.45. The van der Waals surface area contributed by atoms with E-state index in [-0.39, 0.29) is 0 Å². The van der Waals surface area contributed by atoms with Gasteiger partial charge >= 0.3 is 0 Å². The molecule has 0 atom stereocenters. The van der Waals surface area contributed by atoms with Crippen molar-refractivity contribution in [1.82, 2.24) is 15.1 Å². The highest BCUT2D eigenvalue weighted by Gasteiger charge is 2.12. The van der Waals surface area contributed by atoms with E-state index in [0.717, 1.165) is 25.1 Å². The summed E-state index contributed by atoms with van der Waals surface area (Å²) in [6.07, 6.45) is 3.96.